The normalized spacial score (nSPS) is 10.4. The molecule has 2 aromatic rings. The fourth-order valence-electron chi connectivity index (χ4n) is 1.13. The summed E-state index contributed by atoms with van der Waals surface area (Å²) in [6.07, 6.45) is -0.513. The number of hydrogen-bond acceptors (Lipinski definition) is 4. The molecule has 2 rings (SSSR count). The summed E-state index contributed by atoms with van der Waals surface area (Å²) in [5, 5.41) is 7.49. The van der Waals surface area contributed by atoms with Crippen LogP contribution in [-0.4, -0.2) is 27.7 Å². The highest BCUT2D eigenvalue weighted by molar-refractivity contribution is 5.84. The number of aromatic nitrogens is 3. The van der Waals surface area contributed by atoms with Crippen LogP contribution in [0.5, 0.6) is 0 Å². The van der Waals surface area contributed by atoms with Gasteiger partial charge in [-0.05, 0) is 25.1 Å². The van der Waals surface area contributed by atoms with Crippen LogP contribution >= 0.6 is 0 Å². The SMILES string of the molecule is CCOC(=O)n1nnc2c[c]ccc21. The van der Waals surface area contributed by atoms with Crippen molar-refractivity contribution >= 4 is 17.1 Å². The lowest BCUT2D eigenvalue weighted by atomic mass is 10.3. The van der Waals surface area contributed by atoms with Gasteiger partial charge in [0.15, 0.2) is 0 Å². The van der Waals surface area contributed by atoms with Crippen molar-refractivity contribution in [3.8, 4) is 0 Å². The number of ether oxygens (including phenoxy) is 1. The van der Waals surface area contributed by atoms with Crippen molar-refractivity contribution < 1.29 is 9.53 Å². The van der Waals surface area contributed by atoms with Gasteiger partial charge in [-0.25, -0.2) is 4.79 Å². The van der Waals surface area contributed by atoms with Crippen molar-refractivity contribution in [3.63, 3.8) is 0 Å². The zero-order chi connectivity index (χ0) is 9.97. The zero-order valence-electron chi connectivity index (χ0n) is 7.60. The van der Waals surface area contributed by atoms with Crippen molar-refractivity contribution in [1.29, 1.82) is 0 Å². The van der Waals surface area contributed by atoms with Crippen LogP contribution in [0.4, 0.5) is 4.79 Å². The van der Waals surface area contributed by atoms with Gasteiger partial charge in [-0.2, -0.15) is 0 Å². The molecule has 0 aliphatic carbocycles. The van der Waals surface area contributed by atoms with Crippen molar-refractivity contribution in [1.82, 2.24) is 15.0 Å². The number of carbonyl (C=O) groups excluding carboxylic acids is 1. The second-order valence-corrected chi connectivity index (χ2v) is 2.61. The topological polar surface area (TPSA) is 57.0 Å². The Labute approximate surface area is 80.3 Å². The van der Waals surface area contributed by atoms with E-state index >= 15 is 0 Å². The summed E-state index contributed by atoms with van der Waals surface area (Å²) < 4.78 is 5.94. The van der Waals surface area contributed by atoms with E-state index in [9.17, 15) is 4.79 Å². The van der Waals surface area contributed by atoms with Gasteiger partial charge < -0.3 is 4.74 Å². The highest BCUT2D eigenvalue weighted by atomic mass is 16.6. The van der Waals surface area contributed by atoms with Gasteiger partial charge in [0.1, 0.15) is 11.0 Å². The maximum atomic E-state index is 11.3. The summed E-state index contributed by atoms with van der Waals surface area (Å²) in [5.74, 6) is 0. The number of nitrogens with zero attached hydrogens (tertiary/aromatic N) is 3. The Hall–Kier alpha value is -1.91. The molecular formula is C9H8N3O2. The zero-order valence-corrected chi connectivity index (χ0v) is 7.60. The summed E-state index contributed by atoms with van der Waals surface area (Å²) in [7, 11) is 0. The molecule has 0 fully saturated rings. The van der Waals surface area contributed by atoms with Crippen LogP contribution in [-0.2, 0) is 4.74 Å². The predicted molar refractivity (Wildman–Crippen MR) is 48.8 cm³/mol. The fraction of sp³-hybridized carbons (Fsp3) is 0.222. The van der Waals surface area contributed by atoms with Crippen molar-refractivity contribution in [2.75, 3.05) is 6.61 Å². The summed E-state index contributed by atoms with van der Waals surface area (Å²) in [6.45, 7) is 2.06. The maximum absolute atomic E-state index is 11.3. The first-order valence-corrected chi connectivity index (χ1v) is 4.21. The first-order valence-electron chi connectivity index (χ1n) is 4.21. The monoisotopic (exact) mass is 190 g/mol. The highest BCUT2D eigenvalue weighted by Gasteiger charge is 2.11. The van der Waals surface area contributed by atoms with E-state index in [2.05, 4.69) is 16.4 Å². The molecule has 71 valence electrons. The van der Waals surface area contributed by atoms with E-state index < -0.39 is 6.09 Å². The van der Waals surface area contributed by atoms with Crippen molar-refractivity contribution in [2.45, 2.75) is 6.92 Å². The summed E-state index contributed by atoms with van der Waals surface area (Å²) in [6, 6.07) is 7.93. The lowest BCUT2D eigenvalue weighted by Crippen LogP contribution is -2.14. The lowest BCUT2D eigenvalue weighted by molar-refractivity contribution is 0.151. The van der Waals surface area contributed by atoms with E-state index in [1.165, 1.54) is 0 Å². The Morgan fingerprint density at radius 1 is 1.71 bits per heavy atom. The molecule has 0 amide bonds. The smallest absolute Gasteiger partial charge is 0.436 e. The Balaban J connectivity index is 2.47. The number of carbonyl (C=O) groups is 1. The van der Waals surface area contributed by atoms with Crippen molar-refractivity contribution in [2.24, 2.45) is 0 Å². The van der Waals surface area contributed by atoms with Gasteiger partial charge in [0.25, 0.3) is 0 Å². The molecule has 1 aromatic carbocycles. The van der Waals surface area contributed by atoms with Crippen LogP contribution in [0.2, 0.25) is 0 Å². The Bertz CT molecular complexity index is 464. The fourth-order valence-corrected chi connectivity index (χ4v) is 1.13. The molecule has 0 bridgehead atoms. The number of benzene rings is 1. The van der Waals surface area contributed by atoms with E-state index in [-0.39, 0.29) is 0 Å². The van der Waals surface area contributed by atoms with Crippen LogP contribution in [0.25, 0.3) is 11.0 Å². The predicted octanol–water partition coefficient (Wildman–Crippen LogP) is 1.24. The Morgan fingerprint density at radius 2 is 2.57 bits per heavy atom. The molecule has 1 aromatic heterocycles. The van der Waals surface area contributed by atoms with Gasteiger partial charge in [0.05, 0.1) is 6.61 Å². The molecule has 0 atom stereocenters. The molecule has 0 N–H and O–H groups in total. The third kappa shape index (κ3) is 1.32. The summed E-state index contributed by atoms with van der Waals surface area (Å²) in [5.41, 5.74) is 1.25. The molecule has 0 unspecified atom stereocenters. The molecule has 0 spiro atoms. The lowest BCUT2D eigenvalue weighted by Gasteiger charge is -1.99. The first kappa shape index (κ1) is 8.68. The van der Waals surface area contributed by atoms with Crippen LogP contribution in [0.1, 0.15) is 6.92 Å². The first-order chi connectivity index (χ1) is 6.83. The van der Waals surface area contributed by atoms with E-state index in [4.69, 9.17) is 4.74 Å². The molecular weight excluding hydrogens is 182 g/mol. The van der Waals surface area contributed by atoms with Crippen LogP contribution < -0.4 is 0 Å². The quantitative estimate of drug-likeness (QED) is 0.678. The minimum absolute atomic E-state index is 0.319. The average molecular weight is 190 g/mol. The average Bonchev–Trinajstić information content (AvgIpc) is 2.61. The van der Waals surface area contributed by atoms with Crippen molar-refractivity contribution in [3.05, 3.63) is 24.3 Å². The third-order valence-electron chi connectivity index (χ3n) is 1.73. The van der Waals surface area contributed by atoms with Crippen LogP contribution in [0, 0.1) is 6.07 Å². The molecule has 5 nitrogen and oxygen atoms in total. The van der Waals surface area contributed by atoms with Gasteiger partial charge in [-0.3, -0.25) is 0 Å². The second kappa shape index (κ2) is 3.45. The van der Waals surface area contributed by atoms with Crippen LogP contribution in [0.15, 0.2) is 18.2 Å². The van der Waals surface area contributed by atoms with Gasteiger partial charge >= 0.3 is 6.09 Å². The standard InChI is InChI=1S/C9H8N3O2/c1-2-14-9(13)12-8-6-4-3-5-7(8)10-11-12/h4-6H,2H2,1H3. The Morgan fingerprint density at radius 3 is 3.36 bits per heavy atom. The number of fused-ring (bicyclic) bond motifs is 1. The molecule has 0 saturated carbocycles. The molecule has 0 aliphatic heterocycles. The minimum Gasteiger partial charge on any atom is -0.448 e. The molecule has 14 heavy (non-hydrogen) atoms. The van der Waals surface area contributed by atoms with Gasteiger partial charge in [0.2, 0.25) is 0 Å². The maximum Gasteiger partial charge on any atom is 0.436 e. The second-order valence-electron chi connectivity index (χ2n) is 2.61. The largest absolute Gasteiger partial charge is 0.448 e. The number of rotatable bonds is 1. The Kier molecular flexibility index (Phi) is 2.14. The third-order valence-corrected chi connectivity index (χ3v) is 1.73. The summed E-state index contributed by atoms with van der Waals surface area (Å²) >= 11 is 0. The van der Waals surface area contributed by atoms with E-state index in [0.717, 1.165) is 4.68 Å². The van der Waals surface area contributed by atoms with E-state index in [1.54, 1.807) is 25.1 Å². The highest BCUT2D eigenvalue weighted by Crippen LogP contribution is 2.09. The van der Waals surface area contributed by atoms with Gasteiger partial charge in [0, 0.05) is 0 Å². The van der Waals surface area contributed by atoms with Crippen LogP contribution in [0.3, 0.4) is 0 Å². The molecule has 1 radical (unpaired) electrons. The number of hydrogen-bond donors (Lipinski definition) is 0. The van der Waals surface area contributed by atoms with Gasteiger partial charge in [-0.1, -0.05) is 11.3 Å². The van der Waals surface area contributed by atoms with E-state index in [1.807, 2.05) is 0 Å². The molecule has 5 heteroatoms. The minimum atomic E-state index is -0.513. The summed E-state index contributed by atoms with van der Waals surface area (Å²) in [4.78, 5) is 11.3. The molecule has 0 aliphatic rings. The van der Waals surface area contributed by atoms with E-state index in [0.29, 0.717) is 17.6 Å². The molecule has 0 saturated heterocycles. The van der Waals surface area contributed by atoms with Gasteiger partial charge in [-0.15, -0.1) is 9.78 Å². The molecule has 1 heterocycles.